The molecule has 0 atom stereocenters. The van der Waals surface area contributed by atoms with Crippen molar-refractivity contribution in [2.45, 2.75) is 26.2 Å². The second kappa shape index (κ2) is 4.35. The van der Waals surface area contributed by atoms with Crippen LogP contribution in [0.3, 0.4) is 0 Å². The molecule has 2 aromatic rings. The van der Waals surface area contributed by atoms with Crippen molar-refractivity contribution in [1.29, 1.82) is 0 Å². The molecule has 0 aromatic carbocycles. The smallest absolute Gasteiger partial charge is 0.164 e. The number of hydrogen-bond donors (Lipinski definition) is 0. The van der Waals surface area contributed by atoms with Gasteiger partial charge < -0.3 is 4.57 Å². The minimum Gasteiger partial charge on any atom is -0.316 e. The summed E-state index contributed by atoms with van der Waals surface area (Å²) in [7, 11) is 0. The van der Waals surface area contributed by atoms with Crippen LogP contribution < -0.4 is 0 Å². The van der Waals surface area contributed by atoms with Crippen molar-refractivity contribution in [1.82, 2.24) is 9.55 Å². The van der Waals surface area contributed by atoms with Gasteiger partial charge in [0.25, 0.3) is 0 Å². The van der Waals surface area contributed by atoms with Crippen molar-refractivity contribution >= 4 is 21.7 Å². The Morgan fingerprint density at radius 1 is 1.28 bits per heavy atom. The molecule has 0 amide bonds. The fourth-order valence-electron chi connectivity index (χ4n) is 2.61. The molecule has 0 bridgehead atoms. The van der Waals surface area contributed by atoms with Crippen molar-refractivity contribution in [3.05, 3.63) is 46.0 Å². The first kappa shape index (κ1) is 11.7. The zero-order valence-corrected chi connectivity index (χ0v) is 11.7. The Kier molecular flexibility index (Phi) is 2.82. The van der Waals surface area contributed by atoms with E-state index in [0.29, 0.717) is 6.42 Å². The molecule has 2 aromatic heterocycles. The first-order chi connectivity index (χ1) is 8.66. The Balaban J connectivity index is 2.21. The number of carbonyl (C=O) groups is 1. The summed E-state index contributed by atoms with van der Waals surface area (Å²) >= 11 is 3.44. The van der Waals surface area contributed by atoms with Gasteiger partial charge in [0.1, 0.15) is 0 Å². The van der Waals surface area contributed by atoms with E-state index in [1.54, 1.807) is 6.20 Å². The molecule has 0 saturated carbocycles. The molecule has 0 N–H and O–H groups in total. The van der Waals surface area contributed by atoms with Crippen molar-refractivity contribution in [3.8, 4) is 5.69 Å². The number of Topliss-reactive ketones (excluding diaryl/α,β-unsaturated/α-hetero) is 1. The number of rotatable bonds is 1. The maximum Gasteiger partial charge on any atom is 0.164 e. The Morgan fingerprint density at radius 3 is 2.89 bits per heavy atom. The predicted molar refractivity (Wildman–Crippen MR) is 73.3 cm³/mol. The number of aromatic nitrogens is 2. The Morgan fingerprint density at radius 2 is 2.11 bits per heavy atom. The lowest BCUT2D eigenvalue weighted by Crippen LogP contribution is -2.12. The SMILES string of the molecule is Cc1cc2c(n1-c1cncc(Br)c1)CCCC2=O. The highest BCUT2D eigenvalue weighted by Crippen LogP contribution is 2.28. The van der Waals surface area contributed by atoms with Gasteiger partial charge in [-0.3, -0.25) is 9.78 Å². The van der Waals surface area contributed by atoms with Gasteiger partial charge in [-0.15, -0.1) is 0 Å². The molecule has 92 valence electrons. The largest absolute Gasteiger partial charge is 0.316 e. The van der Waals surface area contributed by atoms with Crippen molar-refractivity contribution in [3.63, 3.8) is 0 Å². The first-order valence-corrected chi connectivity index (χ1v) is 6.81. The van der Waals surface area contributed by atoms with Gasteiger partial charge in [0.15, 0.2) is 5.78 Å². The molecule has 0 radical (unpaired) electrons. The highest BCUT2D eigenvalue weighted by atomic mass is 79.9. The molecule has 4 heteroatoms. The third-order valence-corrected chi connectivity index (χ3v) is 3.79. The van der Waals surface area contributed by atoms with Crippen molar-refractivity contribution < 1.29 is 4.79 Å². The fourth-order valence-corrected chi connectivity index (χ4v) is 2.96. The van der Waals surface area contributed by atoms with E-state index in [1.807, 2.05) is 25.3 Å². The van der Waals surface area contributed by atoms with Gasteiger partial charge in [0, 0.05) is 34.0 Å². The van der Waals surface area contributed by atoms with Crippen LogP contribution in [0.4, 0.5) is 0 Å². The maximum absolute atomic E-state index is 11.9. The van der Waals surface area contributed by atoms with Crippen LogP contribution in [0.1, 0.15) is 34.6 Å². The fraction of sp³-hybridized carbons (Fsp3) is 0.286. The van der Waals surface area contributed by atoms with Crippen LogP contribution in [-0.2, 0) is 6.42 Å². The van der Waals surface area contributed by atoms with E-state index >= 15 is 0 Å². The third-order valence-electron chi connectivity index (χ3n) is 3.35. The summed E-state index contributed by atoms with van der Waals surface area (Å²) in [6.07, 6.45) is 6.17. The molecule has 0 fully saturated rings. The highest BCUT2D eigenvalue weighted by Gasteiger charge is 2.23. The van der Waals surface area contributed by atoms with Crippen molar-refractivity contribution in [2.75, 3.05) is 0 Å². The summed E-state index contributed by atoms with van der Waals surface area (Å²) in [4.78, 5) is 16.1. The second-order valence-corrected chi connectivity index (χ2v) is 5.54. The monoisotopic (exact) mass is 304 g/mol. The maximum atomic E-state index is 11.9. The lowest BCUT2D eigenvalue weighted by molar-refractivity contribution is 0.0972. The van der Waals surface area contributed by atoms with Gasteiger partial charge >= 0.3 is 0 Å². The minimum atomic E-state index is 0.265. The van der Waals surface area contributed by atoms with E-state index in [0.717, 1.165) is 40.0 Å². The van der Waals surface area contributed by atoms with Crippen LogP contribution in [0.15, 0.2) is 29.0 Å². The summed E-state index contributed by atoms with van der Waals surface area (Å²) in [6.45, 7) is 2.03. The Hall–Kier alpha value is -1.42. The summed E-state index contributed by atoms with van der Waals surface area (Å²) in [6, 6.07) is 4.02. The zero-order chi connectivity index (χ0) is 12.7. The highest BCUT2D eigenvalue weighted by molar-refractivity contribution is 9.10. The van der Waals surface area contributed by atoms with E-state index in [-0.39, 0.29) is 5.78 Å². The third kappa shape index (κ3) is 1.81. The molecule has 0 unspecified atom stereocenters. The molecule has 18 heavy (non-hydrogen) atoms. The molecule has 0 saturated heterocycles. The van der Waals surface area contributed by atoms with Crippen LogP contribution in [-0.4, -0.2) is 15.3 Å². The van der Waals surface area contributed by atoms with Crippen LogP contribution >= 0.6 is 15.9 Å². The molecule has 3 rings (SSSR count). The quantitative estimate of drug-likeness (QED) is 0.808. The van der Waals surface area contributed by atoms with E-state index in [2.05, 4.69) is 25.5 Å². The number of carbonyl (C=O) groups excluding carboxylic acids is 1. The zero-order valence-electron chi connectivity index (χ0n) is 10.1. The average Bonchev–Trinajstić information content (AvgIpc) is 2.67. The molecule has 3 nitrogen and oxygen atoms in total. The number of fused-ring (bicyclic) bond motifs is 1. The van der Waals surface area contributed by atoms with E-state index < -0.39 is 0 Å². The number of halogens is 1. The Bertz CT molecular complexity index is 631. The molecule has 0 aliphatic heterocycles. The molecule has 0 spiro atoms. The van der Waals surface area contributed by atoms with E-state index in [9.17, 15) is 4.79 Å². The summed E-state index contributed by atoms with van der Waals surface area (Å²) in [5.41, 5.74) is 4.12. The Labute approximate surface area is 114 Å². The number of aryl methyl sites for hydroxylation is 1. The van der Waals surface area contributed by atoms with Crippen LogP contribution in [0.2, 0.25) is 0 Å². The van der Waals surface area contributed by atoms with Gasteiger partial charge in [0.2, 0.25) is 0 Å². The summed E-state index contributed by atoms with van der Waals surface area (Å²) in [5.74, 6) is 0.265. The van der Waals surface area contributed by atoms with Crippen LogP contribution in [0.5, 0.6) is 0 Å². The number of ketones is 1. The van der Waals surface area contributed by atoms with Gasteiger partial charge in [-0.2, -0.15) is 0 Å². The lowest BCUT2D eigenvalue weighted by Gasteiger charge is -2.15. The molecular formula is C14H13BrN2O. The van der Waals surface area contributed by atoms with E-state index in [1.165, 1.54) is 0 Å². The normalized spacial score (nSPS) is 14.7. The standard InChI is InChI=1S/C14H13BrN2O/c1-9-5-12-13(3-2-4-14(12)18)17(9)11-6-10(15)7-16-8-11/h5-8H,2-4H2,1H3. The lowest BCUT2D eigenvalue weighted by atomic mass is 9.96. The first-order valence-electron chi connectivity index (χ1n) is 6.02. The minimum absolute atomic E-state index is 0.265. The number of hydrogen-bond acceptors (Lipinski definition) is 2. The average molecular weight is 305 g/mol. The molecule has 1 aliphatic carbocycles. The van der Waals surface area contributed by atoms with Gasteiger partial charge in [-0.05, 0) is 47.8 Å². The van der Waals surface area contributed by atoms with Crippen molar-refractivity contribution in [2.24, 2.45) is 0 Å². The van der Waals surface area contributed by atoms with E-state index in [4.69, 9.17) is 0 Å². The van der Waals surface area contributed by atoms with Gasteiger partial charge in [-0.25, -0.2) is 0 Å². The second-order valence-electron chi connectivity index (χ2n) is 4.62. The molecule has 2 heterocycles. The topological polar surface area (TPSA) is 34.9 Å². The number of pyridine rings is 1. The van der Waals surface area contributed by atoms with Gasteiger partial charge in [0.05, 0.1) is 11.9 Å². The molecule has 1 aliphatic rings. The van der Waals surface area contributed by atoms with Crippen LogP contribution in [0, 0.1) is 6.92 Å². The number of nitrogens with zero attached hydrogens (tertiary/aromatic N) is 2. The summed E-state index contributed by atoms with van der Waals surface area (Å²) < 4.78 is 3.09. The van der Waals surface area contributed by atoms with Crippen LogP contribution in [0.25, 0.3) is 5.69 Å². The summed E-state index contributed by atoms with van der Waals surface area (Å²) in [5, 5.41) is 0. The van der Waals surface area contributed by atoms with Gasteiger partial charge in [-0.1, -0.05) is 0 Å². The molecular weight excluding hydrogens is 292 g/mol. The predicted octanol–water partition coefficient (Wildman–Crippen LogP) is 3.46.